The first kappa shape index (κ1) is 18.8. The van der Waals surface area contributed by atoms with Gasteiger partial charge in [-0.25, -0.2) is 0 Å². The van der Waals surface area contributed by atoms with Crippen molar-refractivity contribution in [1.82, 2.24) is 14.8 Å². The fourth-order valence-electron chi connectivity index (χ4n) is 5.61. The fraction of sp³-hybridized carbons (Fsp3) is 0.625. The van der Waals surface area contributed by atoms with Crippen LogP contribution in [0.4, 0.5) is 5.69 Å². The summed E-state index contributed by atoms with van der Waals surface area (Å²) in [6.45, 7) is 4.10. The number of amides is 1. The highest BCUT2D eigenvalue weighted by Crippen LogP contribution is 2.59. The number of anilines is 1. The van der Waals surface area contributed by atoms with E-state index < -0.39 is 0 Å². The van der Waals surface area contributed by atoms with E-state index in [1.165, 1.54) is 62.8 Å². The van der Waals surface area contributed by atoms with Crippen LogP contribution in [-0.2, 0) is 11.2 Å². The molecule has 0 bridgehead atoms. The van der Waals surface area contributed by atoms with Gasteiger partial charge in [0.05, 0.1) is 0 Å². The highest BCUT2D eigenvalue weighted by molar-refractivity contribution is 5.91. The van der Waals surface area contributed by atoms with Gasteiger partial charge in [-0.3, -0.25) is 4.79 Å². The second kappa shape index (κ2) is 7.26. The van der Waals surface area contributed by atoms with Crippen LogP contribution in [0.5, 0.6) is 0 Å². The Morgan fingerprint density at radius 3 is 2.62 bits per heavy atom. The lowest BCUT2D eigenvalue weighted by Crippen LogP contribution is -2.34. The number of aryl methyl sites for hydroxylation is 3. The maximum atomic E-state index is 12.5. The number of hydrogen-bond donors (Lipinski definition) is 1. The number of carbonyl (C=O) groups excluding carboxylic acids is 1. The smallest absolute Gasteiger partial charge is 0.224 e. The minimum absolute atomic E-state index is 0.0532. The Morgan fingerprint density at radius 2 is 1.93 bits per heavy atom. The first-order chi connectivity index (χ1) is 14.0. The van der Waals surface area contributed by atoms with Crippen molar-refractivity contribution in [3.63, 3.8) is 0 Å². The molecule has 2 aromatic rings. The summed E-state index contributed by atoms with van der Waals surface area (Å²) in [5, 5.41) is 12.2. The summed E-state index contributed by atoms with van der Waals surface area (Å²) in [7, 11) is 0. The Hall–Kier alpha value is -2.17. The standard InChI is InChI=1S/C24H32N4O/c1-16-5-8-20(17(2)13-16)25-22(29)10-9-21-26-27-23(28(21)19-6-7-19)18-14-24(15-18)11-3-4-12-24/h5,8,13,18-19H,3-4,6-7,9-12,14-15H2,1-2H3,(H,25,29). The SMILES string of the molecule is Cc1ccc(NC(=O)CCc2nnc(C3CC4(CCCC4)C3)n2C2CC2)c(C)c1. The second-order valence-electron chi connectivity index (χ2n) is 9.75. The average Bonchev–Trinajstić information content (AvgIpc) is 3.22. The predicted molar refractivity (Wildman–Crippen MR) is 114 cm³/mol. The summed E-state index contributed by atoms with van der Waals surface area (Å²) in [4.78, 5) is 12.5. The van der Waals surface area contributed by atoms with E-state index in [4.69, 9.17) is 0 Å². The number of rotatable bonds is 6. The molecule has 3 saturated carbocycles. The maximum absolute atomic E-state index is 12.5. The molecule has 154 valence electrons. The number of benzene rings is 1. The first-order valence-electron chi connectivity index (χ1n) is 11.3. The highest BCUT2D eigenvalue weighted by Gasteiger charge is 2.48. The van der Waals surface area contributed by atoms with E-state index in [2.05, 4.69) is 33.1 Å². The molecular weight excluding hydrogens is 360 g/mol. The highest BCUT2D eigenvalue weighted by atomic mass is 16.1. The molecule has 3 aliphatic rings. The van der Waals surface area contributed by atoms with Gasteiger partial charge in [-0.05, 0) is 69.4 Å². The van der Waals surface area contributed by atoms with Gasteiger partial charge in [0.25, 0.3) is 0 Å². The predicted octanol–water partition coefficient (Wildman–Crippen LogP) is 5.24. The van der Waals surface area contributed by atoms with Crippen LogP contribution in [0.15, 0.2) is 18.2 Å². The van der Waals surface area contributed by atoms with E-state index in [1.807, 2.05) is 19.1 Å². The quantitative estimate of drug-likeness (QED) is 0.731. The molecular formula is C24H32N4O. The molecule has 1 heterocycles. The maximum Gasteiger partial charge on any atom is 0.224 e. The van der Waals surface area contributed by atoms with Crippen molar-refractivity contribution < 1.29 is 4.79 Å². The molecule has 29 heavy (non-hydrogen) atoms. The third-order valence-corrected chi connectivity index (χ3v) is 7.32. The molecule has 5 rings (SSSR count). The normalized spacial score (nSPS) is 20.8. The van der Waals surface area contributed by atoms with E-state index in [1.54, 1.807) is 0 Å². The number of carbonyl (C=O) groups is 1. The third-order valence-electron chi connectivity index (χ3n) is 7.32. The van der Waals surface area contributed by atoms with Crippen LogP contribution in [-0.4, -0.2) is 20.7 Å². The summed E-state index contributed by atoms with van der Waals surface area (Å²) >= 11 is 0. The Balaban J connectivity index is 1.23. The zero-order valence-corrected chi connectivity index (χ0v) is 17.7. The molecule has 1 spiro atoms. The van der Waals surface area contributed by atoms with Gasteiger partial charge in [-0.15, -0.1) is 10.2 Å². The van der Waals surface area contributed by atoms with Crippen LogP contribution in [0, 0.1) is 19.3 Å². The van der Waals surface area contributed by atoms with Crippen LogP contribution in [0.2, 0.25) is 0 Å². The van der Waals surface area contributed by atoms with Gasteiger partial charge in [0.15, 0.2) is 0 Å². The van der Waals surface area contributed by atoms with Crippen molar-refractivity contribution in [1.29, 1.82) is 0 Å². The summed E-state index contributed by atoms with van der Waals surface area (Å²) in [5.74, 6) is 2.84. The zero-order chi connectivity index (χ0) is 20.0. The largest absolute Gasteiger partial charge is 0.326 e. The fourth-order valence-corrected chi connectivity index (χ4v) is 5.61. The molecule has 1 N–H and O–H groups in total. The molecule has 0 unspecified atom stereocenters. The minimum Gasteiger partial charge on any atom is -0.326 e. The topological polar surface area (TPSA) is 59.8 Å². The molecule has 5 heteroatoms. The second-order valence-corrected chi connectivity index (χ2v) is 9.75. The Kier molecular flexibility index (Phi) is 4.72. The van der Waals surface area contributed by atoms with Crippen LogP contribution >= 0.6 is 0 Å². The molecule has 0 aliphatic heterocycles. The number of nitrogens with one attached hydrogen (secondary N) is 1. The van der Waals surface area contributed by atoms with Crippen molar-refractivity contribution >= 4 is 11.6 Å². The molecule has 3 aliphatic carbocycles. The van der Waals surface area contributed by atoms with Gasteiger partial charge in [0, 0.05) is 30.5 Å². The molecule has 1 aromatic carbocycles. The van der Waals surface area contributed by atoms with Gasteiger partial charge >= 0.3 is 0 Å². The Labute approximate surface area is 173 Å². The van der Waals surface area contributed by atoms with Crippen LogP contribution in [0.1, 0.15) is 92.5 Å². The number of nitrogens with zero attached hydrogens (tertiary/aromatic N) is 3. The minimum atomic E-state index is 0.0532. The lowest BCUT2D eigenvalue weighted by molar-refractivity contribution is -0.116. The van der Waals surface area contributed by atoms with Crippen molar-refractivity contribution in [2.75, 3.05) is 5.32 Å². The molecule has 5 nitrogen and oxygen atoms in total. The van der Waals surface area contributed by atoms with Gasteiger partial charge in [0.2, 0.25) is 5.91 Å². The molecule has 3 fully saturated rings. The van der Waals surface area contributed by atoms with E-state index in [9.17, 15) is 4.79 Å². The molecule has 1 aromatic heterocycles. The van der Waals surface area contributed by atoms with Crippen LogP contribution < -0.4 is 5.32 Å². The van der Waals surface area contributed by atoms with E-state index in [-0.39, 0.29) is 5.91 Å². The van der Waals surface area contributed by atoms with Crippen molar-refractivity contribution in [2.24, 2.45) is 5.41 Å². The van der Waals surface area contributed by atoms with Gasteiger partial charge in [-0.1, -0.05) is 30.5 Å². The van der Waals surface area contributed by atoms with E-state index in [0.29, 0.717) is 30.2 Å². The summed E-state index contributed by atoms with van der Waals surface area (Å²) < 4.78 is 2.40. The van der Waals surface area contributed by atoms with Crippen LogP contribution in [0.25, 0.3) is 0 Å². The molecule has 1 amide bonds. The Bertz CT molecular complexity index is 913. The van der Waals surface area contributed by atoms with E-state index in [0.717, 1.165) is 17.1 Å². The average molecular weight is 393 g/mol. The van der Waals surface area contributed by atoms with Crippen molar-refractivity contribution in [3.8, 4) is 0 Å². The summed E-state index contributed by atoms with van der Waals surface area (Å²) in [6.07, 6.45) is 11.8. The number of hydrogen-bond acceptors (Lipinski definition) is 3. The lowest BCUT2D eigenvalue weighted by Gasteiger charge is -2.45. The van der Waals surface area contributed by atoms with E-state index >= 15 is 0 Å². The van der Waals surface area contributed by atoms with Gasteiger partial charge < -0.3 is 9.88 Å². The Morgan fingerprint density at radius 1 is 1.17 bits per heavy atom. The third kappa shape index (κ3) is 3.72. The molecule has 0 atom stereocenters. The van der Waals surface area contributed by atoms with Crippen molar-refractivity contribution in [2.45, 2.75) is 90.0 Å². The van der Waals surface area contributed by atoms with Gasteiger partial charge in [0.1, 0.15) is 11.6 Å². The summed E-state index contributed by atoms with van der Waals surface area (Å²) in [5.41, 5.74) is 3.84. The van der Waals surface area contributed by atoms with Crippen molar-refractivity contribution in [3.05, 3.63) is 41.0 Å². The van der Waals surface area contributed by atoms with Gasteiger partial charge in [-0.2, -0.15) is 0 Å². The lowest BCUT2D eigenvalue weighted by atomic mass is 9.60. The zero-order valence-electron chi connectivity index (χ0n) is 17.7. The number of aromatic nitrogens is 3. The first-order valence-corrected chi connectivity index (χ1v) is 11.3. The monoisotopic (exact) mass is 392 g/mol. The molecule has 0 radical (unpaired) electrons. The van der Waals surface area contributed by atoms with Crippen LogP contribution in [0.3, 0.4) is 0 Å². The molecule has 0 saturated heterocycles. The summed E-state index contributed by atoms with van der Waals surface area (Å²) in [6, 6.07) is 6.69.